The molecule has 0 heterocycles. The highest BCUT2D eigenvalue weighted by atomic mass is 32.1. The van der Waals surface area contributed by atoms with Crippen LogP contribution in [0, 0.1) is 0 Å². The van der Waals surface area contributed by atoms with E-state index >= 15 is 0 Å². The maximum Gasteiger partial charge on any atom is 0.416 e. The van der Waals surface area contributed by atoms with Crippen LogP contribution in [0.4, 0.5) is 23.7 Å². The van der Waals surface area contributed by atoms with Gasteiger partial charge in [-0.3, -0.25) is 0 Å². The lowest BCUT2D eigenvalue weighted by atomic mass is 10.2. The number of nitrogens with one attached hydrogen (secondary N) is 2. The van der Waals surface area contributed by atoms with E-state index in [-0.39, 0.29) is 0 Å². The molecule has 0 unspecified atom stereocenters. The van der Waals surface area contributed by atoms with Crippen LogP contribution in [-0.2, 0) is 6.18 Å². The molecule has 4 N–H and O–H groups in total. The molecule has 1 aromatic rings. The van der Waals surface area contributed by atoms with Crippen molar-refractivity contribution in [3.05, 3.63) is 29.8 Å². The maximum absolute atomic E-state index is 12.4. The van der Waals surface area contributed by atoms with Crippen molar-refractivity contribution < 1.29 is 18.0 Å². The number of carbonyl (C=O) groups is 1. The predicted octanol–water partition coefficient (Wildman–Crippen LogP) is 3.28. The van der Waals surface area contributed by atoms with E-state index in [1.54, 1.807) is 0 Å². The summed E-state index contributed by atoms with van der Waals surface area (Å²) in [5.74, 6) is 0. The van der Waals surface area contributed by atoms with Crippen LogP contribution in [0.2, 0.25) is 0 Å². The van der Waals surface area contributed by atoms with Crippen molar-refractivity contribution >= 4 is 28.9 Å². The normalized spacial score (nSPS) is 11.0. The fourth-order valence-electron chi connectivity index (χ4n) is 1.54. The smallest absolute Gasteiger partial charge is 0.393 e. The quantitative estimate of drug-likeness (QED) is 0.557. The van der Waals surface area contributed by atoms with E-state index in [4.69, 9.17) is 18.0 Å². The summed E-state index contributed by atoms with van der Waals surface area (Å²) >= 11 is 4.72. The lowest BCUT2D eigenvalue weighted by Crippen LogP contribution is -2.29. The first-order valence-electron chi connectivity index (χ1n) is 6.29. The van der Waals surface area contributed by atoms with Crippen molar-refractivity contribution in [1.29, 1.82) is 0 Å². The Morgan fingerprint density at radius 2 is 1.81 bits per heavy atom. The Kier molecular flexibility index (Phi) is 6.41. The molecule has 4 nitrogen and oxygen atoms in total. The Morgan fingerprint density at radius 3 is 2.33 bits per heavy atom. The summed E-state index contributed by atoms with van der Waals surface area (Å²) in [7, 11) is 0. The Bertz CT molecular complexity index is 488. The summed E-state index contributed by atoms with van der Waals surface area (Å²) in [5, 5.41) is 5.05. The van der Waals surface area contributed by atoms with Crippen molar-refractivity contribution in [2.24, 2.45) is 5.73 Å². The van der Waals surface area contributed by atoms with Gasteiger partial charge in [-0.2, -0.15) is 13.2 Å². The van der Waals surface area contributed by atoms with Gasteiger partial charge in [-0.1, -0.05) is 12.2 Å². The Balaban J connectivity index is 2.33. The van der Waals surface area contributed by atoms with E-state index in [9.17, 15) is 18.0 Å². The zero-order valence-electron chi connectivity index (χ0n) is 11.2. The molecular formula is C13H16F3N3OS. The molecule has 0 radical (unpaired) electrons. The van der Waals surface area contributed by atoms with Gasteiger partial charge >= 0.3 is 12.2 Å². The van der Waals surface area contributed by atoms with Crippen LogP contribution in [0.1, 0.15) is 24.8 Å². The van der Waals surface area contributed by atoms with E-state index in [1.807, 2.05) is 0 Å². The van der Waals surface area contributed by atoms with Crippen molar-refractivity contribution in [2.45, 2.75) is 25.4 Å². The highest BCUT2D eigenvalue weighted by Gasteiger charge is 2.29. The zero-order valence-corrected chi connectivity index (χ0v) is 12.0. The number of halogens is 3. The summed E-state index contributed by atoms with van der Waals surface area (Å²) in [6.07, 6.45) is -2.27. The fourth-order valence-corrected chi connectivity index (χ4v) is 1.69. The lowest BCUT2D eigenvalue weighted by Gasteiger charge is -2.09. The molecule has 0 spiro atoms. The van der Waals surface area contributed by atoms with Gasteiger partial charge in [-0.25, -0.2) is 4.79 Å². The number of alkyl halides is 3. The zero-order chi connectivity index (χ0) is 15.9. The predicted molar refractivity (Wildman–Crippen MR) is 79.1 cm³/mol. The Labute approximate surface area is 125 Å². The third-order valence-electron chi connectivity index (χ3n) is 2.61. The number of unbranched alkanes of at least 4 members (excludes halogenated alkanes) is 1. The second-order valence-electron chi connectivity index (χ2n) is 4.38. The van der Waals surface area contributed by atoms with Crippen molar-refractivity contribution in [3.8, 4) is 0 Å². The van der Waals surface area contributed by atoms with Crippen LogP contribution >= 0.6 is 12.2 Å². The highest BCUT2D eigenvalue weighted by Crippen LogP contribution is 2.29. The number of anilines is 1. The minimum absolute atomic E-state index is 0.295. The van der Waals surface area contributed by atoms with E-state index in [1.165, 1.54) is 12.1 Å². The van der Waals surface area contributed by atoms with Gasteiger partial charge in [-0.05, 0) is 43.5 Å². The van der Waals surface area contributed by atoms with Gasteiger partial charge in [0.05, 0.1) is 10.6 Å². The van der Waals surface area contributed by atoms with Gasteiger partial charge in [0.2, 0.25) is 0 Å². The number of amides is 2. The second kappa shape index (κ2) is 7.82. The third-order valence-corrected chi connectivity index (χ3v) is 2.81. The molecule has 0 aliphatic carbocycles. The number of nitrogens with two attached hydrogens (primary N) is 1. The minimum atomic E-state index is -4.38. The SMILES string of the molecule is NC(=S)CCCCNC(=O)Nc1ccc(C(F)(F)F)cc1. The number of carbonyl (C=O) groups excluding carboxylic acids is 1. The molecule has 0 aliphatic heterocycles. The van der Waals surface area contributed by atoms with E-state index in [0.29, 0.717) is 23.6 Å². The number of rotatable bonds is 6. The largest absolute Gasteiger partial charge is 0.416 e. The molecule has 0 atom stereocenters. The molecule has 0 fully saturated rings. The van der Waals surface area contributed by atoms with Gasteiger partial charge < -0.3 is 16.4 Å². The molecule has 0 saturated heterocycles. The third kappa shape index (κ3) is 6.94. The number of urea groups is 1. The van der Waals surface area contributed by atoms with Gasteiger partial charge in [0.25, 0.3) is 0 Å². The topological polar surface area (TPSA) is 67.1 Å². The summed E-state index contributed by atoms with van der Waals surface area (Å²) < 4.78 is 37.1. The highest BCUT2D eigenvalue weighted by molar-refractivity contribution is 7.80. The van der Waals surface area contributed by atoms with Gasteiger partial charge in [0, 0.05) is 12.2 Å². The molecule has 0 aromatic heterocycles. The molecule has 21 heavy (non-hydrogen) atoms. The van der Waals surface area contributed by atoms with Crippen LogP contribution in [0.5, 0.6) is 0 Å². The van der Waals surface area contributed by atoms with Crippen molar-refractivity contribution in [3.63, 3.8) is 0 Å². The molecule has 0 bridgehead atoms. The number of thiocarbonyl (C=S) groups is 1. The van der Waals surface area contributed by atoms with E-state index in [2.05, 4.69) is 10.6 Å². The van der Waals surface area contributed by atoms with Gasteiger partial charge in [-0.15, -0.1) is 0 Å². The van der Waals surface area contributed by atoms with E-state index < -0.39 is 17.8 Å². The number of hydrogen-bond donors (Lipinski definition) is 3. The molecule has 1 aromatic carbocycles. The average Bonchev–Trinajstić information content (AvgIpc) is 2.37. The summed E-state index contributed by atoms with van der Waals surface area (Å²) in [4.78, 5) is 11.9. The first-order valence-corrected chi connectivity index (χ1v) is 6.70. The molecule has 8 heteroatoms. The Morgan fingerprint density at radius 1 is 1.19 bits per heavy atom. The maximum atomic E-state index is 12.4. The van der Waals surface area contributed by atoms with E-state index in [0.717, 1.165) is 25.0 Å². The first-order chi connectivity index (χ1) is 9.79. The van der Waals surface area contributed by atoms with Crippen LogP contribution in [0.3, 0.4) is 0 Å². The summed E-state index contributed by atoms with van der Waals surface area (Å²) in [5.41, 5.74) is 4.87. The fraction of sp³-hybridized carbons (Fsp3) is 0.385. The lowest BCUT2D eigenvalue weighted by molar-refractivity contribution is -0.137. The average molecular weight is 319 g/mol. The minimum Gasteiger partial charge on any atom is -0.393 e. The summed E-state index contributed by atoms with van der Waals surface area (Å²) in [6, 6.07) is 3.77. The van der Waals surface area contributed by atoms with Crippen molar-refractivity contribution in [2.75, 3.05) is 11.9 Å². The summed E-state index contributed by atoms with van der Waals surface area (Å²) in [6.45, 7) is 0.440. The molecule has 2 amide bonds. The van der Waals surface area contributed by atoms with Gasteiger partial charge in [0.1, 0.15) is 0 Å². The second-order valence-corrected chi connectivity index (χ2v) is 4.90. The van der Waals surface area contributed by atoms with Crippen LogP contribution in [0.25, 0.3) is 0 Å². The number of hydrogen-bond acceptors (Lipinski definition) is 2. The Hall–Kier alpha value is -1.83. The number of benzene rings is 1. The van der Waals surface area contributed by atoms with Crippen LogP contribution in [0.15, 0.2) is 24.3 Å². The van der Waals surface area contributed by atoms with Crippen molar-refractivity contribution in [1.82, 2.24) is 5.32 Å². The molecular weight excluding hydrogens is 303 g/mol. The molecule has 0 saturated carbocycles. The molecule has 1 rings (SSSR count). The van der Waals surface area contributed by atoms with Gasteiger partial charge in [0.15, 0.2) is 0 Å². The first kappa shape index (κ1) is 17.2. The monoisotopic (exact) mass is 319 g/mol. The van der Waals surface area contributed by atoms with Crippen LogP contribution < -0.4 is 16.4 Å². The molecule has 0 aliphatic rings. The van der Waals surface area contributed by atoms with Crippen LogP contribution in [-0.4, -0.2) is 17.6 Å². The standard InChI is InChI=1S/C13H16F3N3OS/c14-13(15,16)9-4-6-10(7-5-9)19-12(20)18-8-2-1-3-11(17)21/h4-7H,1-3,8H2,(H2,17,21)(H2,18,19,20). The molecule has 116 valence electrons.